The van der Waals surface area contributed by atoms with Gasteiger partial charge >= 0.3 is 0 Å². The minimum atomic E-state index is 0.912. The lowest BCUT2D eigenvalue weighted by Crippen LogP contribution is -2.35. The average Bonchev–Trinajstić information content (AvgIpc) is 2.81. The van der Waals surface area contributed by atoms with Crippen LogP contribution in [0.4, 0.5) is 0 Å². The first-order valence-electron chi connectivity index (χ1n) is 6.26. The topological polar surface area (TPSA) is 15.3 Å². The number of thiophene rings is 1. The normalized spacial score (nSPS) is 18.1. The van der Waals surface area contributed by atoms with Crippen LogP contribution >= 0.6 is 11.3 Å². The molecule has 2 rings (SSSR count). The maximum absolute atomic E-state index is 3.43. The van der Waals surface area contributed by atoms with E-state index in [0.717, 1.165) is 5.92 Å². The van der Waals surface area contributed by atoms with E-state index in [0.29, 0.717) is 0 Å². The van der Waals surface area contributed by atoms with E-state index >= 15 is 0 Å². The lowest BCUT2D eigenvalue weighted by atomic mass is 9.98. The van der Waals surface area contributed by atoms with Crippen molar-refractivity contribution in [3.05, 3.63) is 22.4 Å². The summed E-state index contributed by atoms with van der Waals surface area (Å²) < 4.78 is 0. The monoisotopic (exact) mass is 238 g/mol. The molecule has 0 unspecified atom stereocenters. The molecule has 0 aromatic carbocycles. The van der Waals surface area contributed by atoms with Gasteiger partial charge in [0, 0.05) is 18.0 Å². The number of likely N-dealkylation sites (N-methyl/N-ethyl adjacent to an activating group) is 1. The van der Waals surface area contributed by atoms with Crippen molar-refractivity contribution in [1.29, 1.82) is 0 Å². The van der Waals surface area contributed by atoms with Crippen molar-refractivity contribution in [2.75, 3.05) is 33.2 Å². The first-order chi connectivity index (χ1) is 7.84. The van der Waals surface area contributed by atoms with Gasteiger partial charge in [-0.15, -0.1) is 11.3 Å². The van der Waals surface area contributed by atoms with Crippen LogP contribution in [0.5, 0.6) is 0 Å². The van der Waals surface area contributed by atoms with Crippen LogP contribution in [-0.4, -0.2) is 38.1 Å². The molecule has 2 heterocycles. The quantitative estimate of drug-likeness (QED) is 0.846. The Morgan fingerprint density at radius 3 is 2.94 bits per heavy atom. The number of nitrogens with zero attached hydrogens (tertiary/aromatic N) is 1. The third-order valence-electron chi connectivity index (χ3n) is 3.35. The fraction of sp³-hybridized carbons (Fsp3) is 0.692. The van der Waals surface area contributed by atoms with Gasteiger partial charge in [-0.25, -0.2) is 0 Å². The van der Waals surface area contributed by atoms with Crippen molar-refractivity contribution in [1.82, 2.24) is 10.2 Å². The summed E-state index contributed by atoms with van der Waals surface area (Å²) in [5.41, 5.74) is 0. The number of hydrogen-bond donors (Lipinski definition) is 1. The molecule has 0 saturated carbocycles. The molecule has 0 spiro atoms. The van der Waals surface area contributed by atoms with E-state index in [9.17, 15) is 0 Å². The van der Waals surface area contributed by atoms with Gasteiger partial charge in [-0.2, -0.15) is 0 Å². The Labute approximate surface area is 103 Å². The Kier molecular flexibility index (Phi) is 4.82. The van der Waals surface area contributed by atoms with E-state index in [1.165, 1.54) is 50.3 Å². The molecule has 0 aliphatic carbocycles. The summed E-state index contributed by atoms with van der Waals surface area (Å²) in [6, 6.07) is 4.38. The molecular formula is C13H22N2S. The van der Waals surface area contributed by atoms with E-state index in [2.05, 4.69) is 34.8 Å². The fourth-order valence-corrected chi connectivity index (χ4v) is 3.05. The second-order valence-electron chi connectivity index (χ2n) is 4.78. The van der Waals surface area contributed by atoms with E-state index in [1.54, 1.807) is 0 Å². The van der Waals surface area contributed by atoms with Gasteiger partial charge in [0.1, 0.15) is 0 Å². The molecule has 1 aliphatic rings. The molecule has 0 radical (unpaired) electrons. The molecule has 0 atom stereocenters. The fourth-order valence-electron chi connectivity index (χ4n) is 2.35. The first kappa shape index (κ1) is 12.1. The van der Waals surface area contributed by atoms with Crippen LogP contribution in [0.2, 0.25) is 0 Å². The first-order valence-corrected chi connectivity index (χ1v) is 7.14. The van der Waals surface area contributed by atoms with Crippen LogP contribution in [0, 0.1) is 5.92 Å². The van der Waals surface area contributed by atoms with Gasteiger partial charge in [0.2, 0.25) is 0 Å². The van der Waals surface area contributed by atoms with Crippen LogP contribution in [-0.2, 0) is 6.42 Å². The minimum absolute atomic E-state index is 0.912. The van der Waals surface area contributed by atoms with Crippen LogP contribution in [0.25, 0.3) is 0 Å². The molecule has 0 bridgehead atoms. The van der Waals surface area contributed by atoms with Crippen molar-refractivity contribution in [3.63, 3.8) is 0 Å². The molecule has 1 aliphatic heterocycles. The Morgan fingerprint density at radius 2 is 2.25 bits per heavy atom. The van der Waals surface area contributed by atoms with Gasteiger partial charge in [-0.3, -0.25) is 0 Å². The van der Waals surface area contributed by atoms with E-state index in [4.69, 9.17) is 0 Å². The standard InChI is InChI=1S/C13H22N2S/c1-15(9-6-13-3-2-10-16-13)11-12-4-7-14-8-5-12/h2-3,10,12,14H,4-9,11H2,1H3. The Balaban J connectivity index is 1.65. The highest BCUT2D eigenvalue weighted by atomic mass is 32.1. The predicted octanol–water partition coefficient (Wildman–Crippen LogP) is 2.22. The molecule has 3 heteroatoms. The molecule has 1 fully saturated rings. The third-order valence-corrected chi connectivity index (χ3v) is 4.28. The van der Waals surface area contributed by atoms with Crippen molar-refractivity contribution in [3.8, 4) is 0 Å². The lowest BCUT2D eigenvalue weighted by molar-refractivity contribution is 0.242. The van der Waals surface area contributed by atoms with Gasteiger partial charge in [0.15, 0.2) is 0 Å². The number of hydrogen-bond acceptors (Lipinski definition) is 3. The maximum atomic E-state index is 3.43. The average molecular weight is 238 g/mol. The molecule has 2 nitrogen and oxygen atoms in total. The zero-order chi connectivity index (χ0) is 11.2. The molecular weight excluding hydrogens is 216 g/mol. The minimum Gasteiger partial charge on any atom is -0.317 e. The van der Waals surface area contributed by atoms with Crippen molar-refractivity contribution in [2.24, 2.45) is 5.92 Å². The van der Waals surface area contributed by atoms with Crippen LogP contribution in [0.3, 0.4) is 0 Å². The van der Waals surface area contributed by atoms with Crippen LogP contribution in [0.1, 0.15) is 17.7 Å². The summed E-state index contributed by atoms with van der Waals surface area (Å²) in [4.78, 5) is 4.01. The summed E-state index contributed by atoms with van der Waals surface area (Å²) in [6.45, 7) is 4.89. The van der Waals surface area contributed by atoms with Gasteiger partial charge in [-0.05, 0) is 56.8 Å². The number of nitrogens with one attached hydrogen (secondary N) is 1. The van der Waals surface area contributed by atoms with Crippen molar-refractivity contribution < 1.29 is 0 Å². The largest absolute Gasteiger partial charge is 0.317 e. The molecule has 90 valence electrons. The maximum Gasteiger partial charge on any atom is 0.00579 e. The molecule has 1 saturated heterocycles. The zero-order valence-corrected chi connectivity index (χ0v) is 10.9. The molecule has 1 aromatic rings. The summed E-state index contributed by atoms with van der Waals surface area (Å²) >= 11 is 1.87. The lowest BCUT2D eigenvalue weighted by Gasteiger charge is -2.27. The Bertz CT molecular complexity index is 278. The van der Waals surface area contributed by atoms with Crippen molar-refractivity contribution >= 4 is 11.3 Å². The summed E-state index contributed by atoms with van der Waals surface area (Å²) in [7, 11) is 2.26. The second kappa shape index (κ2) is 6.38. The zero-order valence-electron chi connectivity index (χ0n) is 10.1. The van der Waals surface area contributed by atoms with E-state index in [1.807, 2.05) is 11.3 Å². The molecule has 0 amide bonds. The third kappa shape index (κ3) is 3.89. The van der Waals surface area contributed by atoms with Crippen LogP contribution in [0.15, 0.2) is 17.5 Å². The SMILES string of the molecule is CN(CCc1cccs1)CC1CCNCC1. The molecule has 16 heavy (non-hydrogen) atoms. The highest BCUT2D eigenvalue weighted by Crippen LogP contribution is 2.14. The molecule has 1 N–H and O–H groups in total. The highest BCUT2D eigenvalue weighted by Gasteiger charge is 2.14. The van der Waals surface area contributed by atoms with Crippen LogP contribution < -0.4 is 5.32 Å². The second-order valence-corrected chi connectivity index (χ2v) is 5.82. The summed E-state index contributed by atoms with van der Waals surface area (Å²) in [5.74, 6) is 0.912. The number of rotatable bonds is 5. The van der Waals surface area contributed by atoms with Crippen molar-refractivity contribution in [2.45, 2.75) is 19.3 Å². The predicted molar refractivity (Wildman–Crippen MR) is 71.1 cm³/mol. The summed E-state index contributed by atoms with van der Waals surface area (Å²) in [5, 5.41) is 5.59. The number of piperidine rings is 1. The van der Waals surface area contributed by atoms with Gasteiger partial charge < -0.3 is 10.2 Å². The molecule has 1 aromatic heterocycles. The van der Waals surface area contributed by atoms with E-state index in [-0.39, 0.29) is 0 Å². The van der Waals surface area contributed by atoms with E-state index < -0.39 is 0 Å². The van der Waals surface area contributed by atoms with Gasteiger partial charge in [0.05, 0.1) is 0 Å². The Morgan fingerprint density at radius 1 is 1.44 bits per heavy atom. The van der Waals surface area contributed by atoms with Gasteiger partial charge in [-0.1, -0.05) is 6.07 Å². The Hall–Kier alpha value is -0.380. The van der Waals surface area contributed by atoms with Gasteiger partial charge in [0.25, 0.3) is 0 Å². The highest BCUT2D eigenvalue weighted by molar-refractivity contribution is 7.09. The smallest absolute Gasteiger partial charge is 0.00579 e. The summed E-state index contributed by atoms with van der Waals surface area (Å²) in [6.07, 6.45) is 3.91.